The molecule has 0 bridgehead atoms. The van der Waals surface area contributed by atoms with Crippen LogP contribution in [0.5, 0.6) is 0 Å². The molecule has 3 N–H and O–H groups in total. The lowest BCUT2D eigenvalue weighted by Gasteiger charge is -2.33. The minimum Gasteiger partial charge on any atom is -0.370 e. The van der Waals surface area contributed by atoms with Gasteiger partial charge in [-0.2, -0.15) is 0 Å². The summed E-state index contributed by atoms with van der Waals surface area (Å²) in [6.07, 6.45) is 8.70. The number of Topliss-reactive ketones (excluding diaryl/α,β-unsaturated/α-hetero) is 2. The van der Waals surface area contributed by atoms with E-state index in [1.54, 1.807) is 0 Å². The average Bonchev–Trinajstić information content (AvgIpc) is 3.32. The number of carbonyl (C=O) groups is 5. The average molecular weight is 563 g/mol. The molecular weight excluding hydrogens is 512 g/mol. The highest BCUT2D eigenvalue weighted by Gasteiger charge is 2.56. The van der Waals surface area contributed by atoms with Gasteiger partial charge in [-0.25, -0.2) is 4.79 Å². The van der Waals surface area contributed by atoms with Crippen LogP contribution in [0.15, 0.2) is 0 Å². The van der Waals surface area contributed by atoms with Crippen LogP contribution in [0.4, 0.5) is 4.79 Å². The molecule has 0 radical (unpaired) electrons. The van der Waals surface area contributed by atoms with E-state index in [1.807, 2.05) is 34.6 Å². The Hall–Kier alpha value is -2.49. The quantitative estimate of drug-likeness (QED) is 0.452. The zero-order valence-corrected chi connectivity index (χ0v) is 25.3. The van der Waals surface area contributed by atoms with Gasteiger partial charge in [-0.05, 0) is 53.9 Å². The van der Waals surface area contributed by atoms with Crippen molar-refractivity contribution in [2.24, 2.45) is 5.92 Å². The van der Waals surface area contributed by atoms with E-state index in [0.717, 1.165) is 51.4 Å². The number of nitrogens with one attached hydrogen (secondary N) is 3. The summed E-state index contributed by atoms with van der Waals surface area (Å²) in [6.45, 7) is 11.0. The van der Waals surface area contributed by atoms with Crippen LogP contribution in [0.25, 0.3) is 0 Å². The molecule has 3 heterocycles. The van der Waals surface area contributed by atoms with Crippen LogP contribution in [0, 0.1) is 5.92 Å². The lowest BCUT2D eigenvalue weighted by Crippen LogP contribution is -2.58. The maximum absolute atomic E-state index is 14.1. The molecular formula is C30H50N4O6. The van der Waals surface area contributed by atoms with Gasteiger partial charge in [0.05, 0.1) is 17.7 Å². The predicted molar refractivity (Wildman–Crippen MR) is 152 cm³/mol. The van der Waals surface area contributed by atoms with E-state index in [4.69, 9.17) is 4.74 Å². The van der Waals surface area contributed by atoms with Gasteiger partial charge >= 0.3 is 6.03 Å². The van der Waals surface area contributed by atoms with Crippen molar-refractivity contribution in [3.63, 3.8) is 0 Å². The van der Waals surface area contributed by atoms with Gasteiger partial charge < -0.3 is 25.6 Å². The van der Waals surface area contributed by atoms with Crippen molar-refractivity contribution in [2.75, 3.05) is 6.54 Å². The van der Waals surface area contributed by atoms with E-state index >= 15 is 0 Å². The number of ketones is 2. The van der Waals surface area contributed by atoms with E-state index < -0.39 is 52.8 Å². The predicted octanol–water partition coefficient (Wildman–Crippen LogP) is 3.40. The molecule has 3 fully saturated rings. The number of carbonyl (C=O) groups excluding carboxylic acids is 5. The Bertz CT molecular complexity index is 958. The Balaban J connectivity index is 1.91. The van der Waals surface area contributed by atoms with E-state index in [-0.39, 0.29) is 24.5 Å². The molecule has 10 heteroatoms. The van der Waals surface area contributed by atoms with E-state index in [1.165, 1.54) is 11.8 Å². The zero-order chi connectivity index (χ0) is 29.7. The molecule has 40 heavy (non-hydrogen) atoms. The number of hydrogen-bond donors (Lipinski definition) is 3. The van der Waals surface area contributed by atoms with Crippen LogP contribution in [-0.4, -0.2) is 76.2 Å². The smallest absolute Gasteiger partial charge is 0.315 e. The number of nitrogens with zero attached hydrogens (tertiary/aromatic N) is 1. The topological polar surface area (TPSA) is 134 Å². The molecule has 0 aromatic heterocycles. The highest BCUT2D eigenvalue weighted by atomic mass is 16.5. The number of rotatable bonds is 3. The molecule has 0 spiro atoms. The van der Waals surface area contributed by atoms with Crippen LogP contribution in [-0.2, 0) is 23.9 Å². The summed E-state index contributed by atoms with van der Waals surface area (Å²) in [5.74, 6) is -2.21. The summed E-state index contributed by atoms with van der Waals surface area (Å²) in [4.78, 5) is 67.1. The van der Waals surface area contributed by atoms with Gasteiger partial charge in [0.2, 0.25) is 17.6 Å². The molecule has 5 atom stereocenters. The number of urea groups is 1. The van der Waals surface area contributed by atoms with Crippen molar-refractivity contribution in [1.82, 2.24) is 20.9 Å². The third kappa shape index (κ3) is 8.75. The van der Waals surface area contributed by atoms with Crippen molar-refractivity contribution in [3.05, 3.63) is 0 Å². The zero-order valence-electron chi connectivity index (χ0n) is 25.3. The maximum Gasteiger partial charge on any atom is 0.315 e. The Morgan fingerprint density at radius 2 is 1.52 bits per heavy atom. The Labute approximate surface area is 239 Å². The number of amides is 4. The fraction of sp³-hybridized carbons (Fsp3) is 0.833. The van der Waals surface area contributed by atoms with Crippen molar-refractivity contribution < 1.29 is 28.7 Å². The standard InChI is InChI=1S/C30H50N4O6/c1-19(35)25(36)21-15-13-11-9-7-8-10-12-14-16-22(32-28(39)33-29(2,3)4)27(38)34-18-23-20(17-30(5,6)40-23)24(34)26(37)31-21/h20-24H,7-18H2,1-6H3,(H,31,37)(H2,32,33,39)/t20-,21-,22-,23-,24-/m0/s1. The second-order valence-electron chi connectivity index (χ2n) is 13.5. The molecule has 0 unspecified atom stereocenters. The monoisotopic (exact) mass is 562 g/mol. The van der Waals surface area contributed by atoms with Crippen molar-refractivity contribution in [1.29, 1.82) is 0 Å². The number of fused-ring (bicyclic) bond motifs is 3. The first-order chi connectivity index (χ1) is 18.7. The fourth-order valence-corrected chi connectivity index (χ4v) is 6.35. The summed E-state index contributed by atoms with van der Waals surface area (Å²) in [5.41, 5.74) is -0.925. The van der Waals surface area contributed by atoms with Crippen LogP contribution in [0.1, 0.15) is 112 Å². The first kappa shape index (κ1) is 32.0. The summed E-state index contributed by atoms with van der Waals surface area (Å²) in [6, 6.07) is -3.00. The van der Waals surface area contributed by atoms with E-state index in [9.17, 15) is 24.0 Å². The van der Waals surface area contributed by atoms with Crippen molar-refractivity contribution in [2.45, 2.75) is 148 Å². The van der Waals surface area contributed by atoms with Gasteiger partial charge in [0.1, 0.15) is 12.1 Å². The van der Waals surface area contributed by atoms with Gasteiger partial charge in [-0.1, -0.05) is 51.4 Å². The molecule has 4 amide bonds. The van der Waals surface area contributed by atoms with Gasteiger partial charge in [-0.3, -0.25) is 19.2 Å². The SMILES string of the molecule is CC(=O)C(=O)[C@@H]1CCCCCCCCCC[C@H](NC(=O)NC(C)(C)C)C(=O)N2C[C@@H]3OC(C)(C)C[C@@H]3[C@H]2C(=O)N1. The second-order valence-corrected chi connectivity index (χ2v) is 13.5. The molecule has 0 aromatic rings. The van der Waals surface area contributed by atoms with Crippen LogP contribution < -0.4 is 16.0 Å². The Morgan fingerprint density at radius 3 is 2.10 bits per heavy atom. The van der Waals surface area contributed by atoms with Crippen molar-refractivity contribution >= 4 is 29.4 Å². The summed E-state index contributed by atoms with van der Waals surface area (Å²) < 4.78 is 6.24. The molecule has 0 aromatic carbocycles. The maximum atomic E-state index is 14.1. The van der Waals surface area contributed by atoms with Crippen LogP contribution >= 0.6 is 0 Å². The third-order valence-electron chi connectivity index (χ3n) is 8.15. The van der Waals surface area contributed by atoms with E-state index in [2.05, 4.69) is 16.0 Å². The van der Waals surface area contributed by atoms with Crippen LogP contribution in [0.3, 0.4) is 0 Å². The summed E-state index contributed by atoms with van der Waals surface area (Å²) >= 11 is 0. The first-order valence-electron chi connectivity index (χ1n) is 15.1. The largest absolute Gasteiger partial charge is 0.370 e. The molecule has 10 nitrogen and oxygen atoms in total. The Kier molecular flexibility index (Phi) is 10.8. The van der Waals surface area contributed by atoms with Gasteiger partial charge in [-0.15, -0.1) is 0 Å². The minimum atomic E-state index is -0.918. The highest BCUT2D eigenvalue weighted by molar-refractivity contribution is 6.38. The molecule has 0 saturated carbocycles. The fourth-order valence-electron chi connectivity index (χ4n) is 6.35. The molecule has 0 aliphatic carbocycles. The first-order valence-corrected chi connectivity index (χ1v) is 15.1. The van der Waals surface area contributed by atoms with Crippen LogP contribution in [0.2, 0.25) is 0 Å². The second kappa shape index (κ2) is 13.4. The minimum absolute atomic E-state index is 0.232. The number of ether oxygens (including phenoxy) is 1. The van der Waals surface area contributed by atoms with Gasteiger partial charge in [0.15, 0.2) is 5.78 Å². The molecule has 3 aliphatic heterocycles. The molecule has 226 valence electrons. The molecule has 3 aliphatic rings. The summed E-state index contributed by atoms with van der Waals surface area (Å²) in [5, 5.41) is 8.60. The number of hydrogen-bond acceptors (Lipinski definition) is 6. The summed E-state index contributed by atoms with van der Waals surface area (Å²) in [7, 11) is 0. The van der Waals surface area contributed by atoms with E-state index in [0.29, 0.717) is 19.3 Å². The molecule has 3 rings (SSSR count). The Morgan fingerprint density at radius 1 is 0.950 bits per heavy atom. The third-order valence-corrected chi connectivity index (χ3v) is 8.15. The molecule has 3 saturated heterocycles. The lowest BCUT2D eigenvalue weighted by atomic mass is 9.89. The van der Waals surface area contributed by atoms with Gasteiger partial charge in [0.25, 0.3) is 0 Å². The highest BCUT2D eigenvalue weighted by Crippen LogP contribution is 2.43. The van der Waals surface area contributed by atoms with Crippen molar-refractivity contribution in [3.8, 4) is 0 Å². The normalized spacial score (nSPS) is 30.4. The van der Waals surface area contributed by atoms with Gasteiger partial charge in [0, 0.05) is 24.9 Å². The lowest BCUT2D eigenvalue weighted by molar-refractivity contribution is -0.143.